The number of ether oxygens (including phenoxy) is 1. The van der Waals surface area contributed by atoms with Crippen molar-refractivity contribution in [3.63, 3.8) is 0 Å². The molecule has 1 spiro atoms. The third-order valence-corrected chi connectivity index (χ3v) is 17.4. The van der Waals surface area contributed by atoms with E-state index in [9.17, 15) is 24.6 Å². The van der Waals surface area contributed by atoms with E-state index in [-0.39, 0.29) is 52.5 Å². The number of piperidine rings is 4. The molecule has 12 rings (SSSR count). The fourth-order valence-corrected chi connectivity index (χ4v) is 13.1. The van der Waals surface area contributed by atoms with E-state index in [1.807, 2.05) is 36.1 Å². The maximum absolute atomic E-state index is 17.1. The second kappa shape index (κ2) is 18.2. The second-order valence-electron chi connectivity index (χ2n) is 22.8. The van der Waals surface area contributed by atoms with Gasteiger partial charge in [0.15, 0.2) is 5.82 Å². The van der Waals surface area contributed by atoms with Crippen LogP contribution in [0.5, 0.6) is 11.8 Å². The number of imide groups is 1. The van der Waals surface area contributed by atoms with E-state index >= 15 is 4.39 Å². The fourth-order valence-electron chi connectivity index (χ4n) is 13.1. The first-order chi connectivity index (χ1) is 34.7. The number of aromatic hydroxyl groups is 1. The minimum atomic E-state index is -0.925. The van der Waals surface area contributed by atoms with Crippen molar-refractivity contribution in [3.05, 3.63) is 77.2 Å². The molecular weight excluding hydrogens is 914 g/mol. The number of hydrogen-bond acceptors (Lipinski definition) is 13. The van der Waals surface area contributed by atoms with Gasteiger partial charge in [0.05, 0.1) is 17.6 Å². The topological polar surface area (TPSA) is 168 Å². The minimum absolute atomic E-state index is 0.00876. The molecule has 6 aliphatic heterocycles. The molecule has 5 aromatic rings. The molecule has 3 amide bonds. The summed E-state index contributed by atoms with van der Waals surface area (Å²) in [7, 11) is 0. The van der Waals surface area contributed by atoms with E-state index in [0.29, 0.717) is 72.7 Å². The summed E-state index contributed by atoms with van der Waals surface area (Å²) < 4.78 is 23.7. The van der Waals surface area contributed by atoms with Gasteiger partial charge in [-0.2, -0.15) is 9.97 Å². The summed E-state index contributed by atoms with van der Waals surface area (Å²) in [4.78, 5) is 63.2. The number of pyridine rings is 1. The van der Waals surface area contributed by atoms with Crippen LogP contribution in [0.15, 0.2) is 54.7 Å². The van der Waals surface area contributed by atoms with Crippen molar-refractivity contribution >= 4 is 50.9 Å². The monoisotopic (exact) mass is 980 g/mol. The first-order valence-corrected chi connectivity index (χ1v) is 26.4. The molecule has 378 valence electrons. The number of rotatable bonds is 12. The van der Waals surface area contributed by atoms with Gasteiger partial charge in [-0.15, -0.1) is 0 Å². The maximum atomic E-state index is 17.1. The van der Waals surface area contributed by atoms with Crippen LogP contribution < -0.4 is 19.9 Å². The molecule has 1 aliphatic carbocycles. The highest BCUT2D eigenvalue weighted by atomic mass is 19.1. The lowest BCUT2D eigenvalue weighted by Gasteiger charge is -2.55. The molecule has 0 bridgehead atoms. The van der Waals surface area contributed by atoms with Crippen LogP contribution in [0.2, 0.25) is 0 Å². The Labute approximate surface area is 419 Å². The van der Waals surface area contributed by atoms with Gasteiger partial charge in [-0.3, -0.25) is 24.7 Å². The van der Waals surface area contributed by atoms with Crippen LogP contribution in [0.3, 0.4) is 0 Å². The van der Waals surface area contributed by atoms with E-state index in [0.717, 1.165) is 118 Å². The molecule has 2 aromatic heterocycles. The fraction of sp³-hybridized carbons (Fsp3) is 0.536. The number of aryl methyl sites for hydroxylation is 1. The van der Waals surface area contributed by atoms with E-state index in [4.69, 9.17) is 14.7 Å². The molecule has 3 aromatic carbocycles. The number of fused-ring (bicyclic) bond motifs is 3. The van der Waals surface area contributed by atoms with Gasteiger partial charge in [-0.05, 0) is 148 Å². The summed E-state index contributed by atoms with van der Waals surface area (Å²) >= 11 is 0. The number of likely N-dealkylation sites (tertiary alicyclic amines) is 2. The molecule has 2 atom stereocenters. The number of benzene rings is 3. The summed E-state index contributed by atoms with van der Waals surface area (Å²) in [5.74, 6) is -0.163. The van der Waals surface area contributed by atoms with E-state index in [2.05, 4.69) is 44.1 Å². The number of nitrogens with one attached hydrogen (secondary N) is 1. The van der Waals surface area contributed by atoms with Gasteiger partial charge in [-0.1, -0.05) is 25.1 Å². The van der Waals surface area contributed by atoms with Gasteiger partial charge >= 0.3 is 6.01 Å². The predicted molar refractivity (Wildman–Crippen MR) is 272 cm³/mol. The van der Waals surface area contributed by atoms with Crippen LogP contribution in [0, 0.1) is 22.6 Å². The quantitative estimate of drug-likeness (QED) is 0.111. The molecule has 1 unspecified atom stereocenters. The van der Waals surface area contributed by atoms with Crippen molar-refractivity contribution in [2.24, 2.45) is 16.7 Å². The molecule has 16 heteroatoms. The summed E-state index contributed by atoms with van der Waals surface area (Å²) in [6.45, 7) is 14.2. The Hall–Kier alpha value is -5.97. The molecule has 0 radical (unpaired) electrons. The van der Waals surface area contributed by atoms with Crippen molar-refractivity contribution in [1.82, 2.24) is 35.0 Å². The van der Waals surface area contributed by atoms with Crippen LogP contribution in [0.25, 0.3) is 32.9 Å². The van der Waals surface area contributed by atoms with Crippen molar-refractivity contribution in [2.45, 2.75) is 103 Å². The largest absolute Gasteiger partial charge is 0.508 e. The third-order valence-electron chi connectivity index (χ3n) is 17.4. The third kappa shape index (κ3) is 8.90. The Bertz CT molecular complexity index is 2970. The SMILES string of the molecule is CCc1cccc2cc(O)cc(-c3ncc4c(N5CCC[C@@](C)(O)C5)nc(OCC5(CN6CCC(CN7CC8(CCN(c9ccc%10c(c9)CN(C9CCC(=O)NC9=O)C%10=O)CC8)C7)CC6)CC5)nc4c3F)c12. The lowest BCUT2D eigenvalue weighted by molar-refractivity contribution is -0.136. The lowest BCUT2D eigenvalue weighted by Crippen LogP contribution is -2.61. The average Bonchev–Trinajstić information content (AvgIpc) is 4.05. The number of phenolic OH excluding ortho intramolecular Hbond substituents is 1. The molecule has 72 heavy (non-hydrogen) atoms. The molecule has 15 nitrogen and oxygen atoms in total. The number of halogens is 1. The number of anilines is 2. The normalized spacial score (nSPS) is 24.5. The number of phenols is 1. The lowest BCUT2D eigenvalue weighted by atomic mass is 9.71. The summed E-state index contributed by atoms with van der Waals surface area (Å²) in [5.41, 5.74) is 3.95. The zero-order valence-electron chi connectivity index (χ0n) is 41.6. The summed E-state index contributed by atoms with van der Waals surface area (Å²) in [6, 6.07) is 14.8. The Morgan fingerprint density at radius 1 is 0.875 bits per heavy atom. The zero-order valence-corrected chi connectivity index (χ0v) is 41.6. The molecule has 6 fully saturated rings. The van der Waals surface area contributed by atoms with Crippen LogP contribution in [0.4, 0.5) is 15.9 Å². The highest BCUT2D eigenvalue weighted by Gasteiger charge is 2.48. The first kappa shape index (κ1) is 47.1. The van der Waals surface area contributed by atoms with Crippen molar-refractivity contribution < 1.29 is 33.7 Å². The van der Waals surface area contributed by atoms with Crippen LogP contribution in [-0.4, -0.2) is 141 Å². The highest BCUT2D eigenvalue weighted by molar-refractivity contribution is 6.06. The molecule has 8 heterocycles. The van der Waals surface area contributed by atoms with Gasteiger partial charge < -0.3 is 39.4 Å². The number of carbonyl (C=O) groups excluding carboxylic acids is 3. The summed E-state index contributed by atoms with van der Waals surface area (Å²) in [5, 5.41) is 26.4. The van der Waals surface area contributed by atoms with Gasteiger partial charge in [0.1, 0.15) is 28.8 Å². The minimum Gasteiger partial charge on any atom is -0.508 e. The van der Waals surface area contributed by atoms with Gasteiger partial charge in [0, 0.05) is 93.7 Å². The Kier molecular flexibility index (Phi) is 11.9. The number of amides is 3. The molecular formula is C56H66FN9O6. The maximum Gasteiger partial charge on any atom is 0.319 e. The van der Waals surface area contributed by atoms with Gasteiger partial charge in [0.25, 0.3) is 5.91 Å². The Morgan fingerprint density at radius 2 is 1.68 bits per heavy atom. The first-order valence-electron chi connectivity index (χ1n) is 26.4. The molecule has 3 N–H and O–H groups in total. The van der Waals surface area contributed by atoms with E-state index in [1.165, 1.54) is 12.8 Å². The molecule has 1 saturated carbocycles. The van der Waals surface area contributed by atoms with Crippen molar-refractivity contribution in [2.75, 3.05) is 81.9 Å². The number of hydrogen-bond donors (Lipinski definition) is 3. The van der Waals surface area contributed by atoms with Crippen LogP contribution in [0.1, 0.15) is 99.5 Å². The number of carbonyl (C=O) groups is 3. The predicted octanol–water partition coefficient (Wildman–Crippen LogP) is 6.84. The number of β-amino-alcohol motifs (C(OH)–C–C–N with tert-alkyl or cyclic N) is 1. The highest BCUT2D eigenvalue weighted by Crippen LogP contribution is 2.48. The Morgan fingerprint density at radius 3 is 2.43 bits per heavy atom. The van der Waals surface area contributed by atoms with Crippen LogP contribution in [-0.2, 0) is 22.6 Å². The van der Waals surface area contributed by atoms with E-state index < -0.39 is 17.5 Å². The average molecular weight is 980 g/mol. The standard InChI is InChI=1S/C56H66FN9O6/c1-3-36-6-4-7-37-25-40(67)26-42(46(36)37)48-47(57)49-43(27-58-48)50(65-19-5-14-54(2,71)30-65)61-53(60-49)72-34-56(15-16-56)33-62-20-12-35(13-21-62)28-63-31-55(32-63)17-22-64(23-18-55)39-8-9-41-38(24-39)29-66(52(41)70)44-10-11-45(68)59-51(44)69/h4,6-9,24-27,35,44,67,71H,3,5,10-23,28-34H2,1-2H3,(H,59,68,69)/t44?,54-/m1/s1. The van der Waals surface area contributed by atoms with Crippen molar-refractivity contribution in [3.8, 4) is 23.0 Å². The number of nitrogens with zero attached hydrogens (tertiary/aromatic N) is 8. The number of aromatic nitrogens is 3. The second-order valence-corrected chi connectivity index (χ2v) is 22.8. The van der Waals surface area contributed by atoms with Gasteiger partial charge in [-0.25, -0.2) is 4.39 Å². The summed E-state index contributed by atoms with van der Waals surface area (Å²) in [6.07, 6.45) is 11.2. The molecule has 5 saturated heterocycles. The Balaban J connectivity index is 0.653. The van der Waals surface area contributed by atoms with E-state index in [1.54, 1.807) is 23.2 Å². The zero-order chi connectivity index (χ0) is 49.5. The van der Waals surface area contributed by atoms with Crippen LogP contribution >= 0.6 is 0 Å². The smallest absolute Gasteiger partial charge is 0.319 e. The number of aliphatic hydroxyl groups is 1. The van der Waals surface area contributed by atoms with Crippen molar-refractivity contribution in [1.29, 1.82) is 0 Å². The van der Waals surface area contributed by atoms with Gasteiger partial charge in [0.2, 0.25) is 11.8 Å². The molecule has 7 aliphatic rings.